The summed E-state index contributed by atoms with van der Waals surface area (Å²) in [5, 5.41) is 19.1. The first kappa shape index (κ1) is 14.1. The number of nitrogens with one attached hydrogen (secondary N) is 2. The van der Waals surface area contributed by atoms with E-state index in [0.29, 0.717) is 11.4 Å². The predicted molar refractivity (Wildman–Crippen MR) is 69.0 cm³/mol. The molecule has 0 fully saturated rings. The van der Waals surface area contributed by atoms with Crippen LogP contribution in [0.4, 0.5) is 5.82 Å². The van der Waals surface area contributed by atoms with Crippen LogP contribution >= 0.6 is 0 Å². The molecule has 0 unspecified atom stereocenters. The highest BCUT2D eigenvalue weighted by atomic mass is 32.2. The average Bonchev–Trinajstić information content (AvgIpc) is 2.82. The summed E-state index contributed by atoms with van der Waals surface area (Å²) in [6.07, 6.45) is 0. The summed E-state index contributed by atoms with van der Waals surface area (Å²) in [6, 6.07) is 1.14. The molecule has 20 heavy (non-hydrogen) atoms. The molecule has 108 valence electrons. The van der Waals surface area contributed by atoms with Gasteiger partial charge in [0.05, 0.1) is 11.4 Å². The van der Waals surface area contributed by atoms with Crippen molar-refractivity contribution in [3.8, 4) is 0 Å². The minimum atomic E-state index is -3.87. The van der Waals surface area contributed by atoms with E-state index in [0.717, 1.165) is 10.7 Å². The summed E-state index contributed by atoms with van der Waals surface area (Å²) in [5.74, 6) is -1.26. The summed E-state index contributed by atoms with van der Waals surface area (Å²) in [6.45, 7) is 3.13. The first-order chi connectivity index (χ1) is 9.22. The van der Waals surface area contributed by atoms with E-state index in [9.17, 15) is 13.2 Å². The number of carboxylic acids is 1. The van der Waals surface area contributed by atoms with E-state index in [-0.39, 0.29) is 16.4 Å². The maximum absolute atomic E-state index is 12.2. The standard InChI is InChI=1S/C10H13N5O4S/c1-5-9(6(2)12-11-5)20(18,19)14-8-4-7(10(16)17)15(3)13-8/h4H,1-3H3,(H,11,12)(H,13,14)(H,16,17). The molecule has 0 spiro atoms. The molecular formula is C10H13N5O4S. The Hall–Kier alpha value is -2.36. The van der Waals surface area contributed by atoms with E-state index >= 15 is 0 Å². The second-order valence-electron chi connectivity index (χ2n) is 4.21. The van der Waals surface area contributed by atoms with Gasteiger partial charge in [-0.15, -0.1) is 0 Å². The summed E-state index contributed by atoms with van der Waals surface area (Å²) >= 11 is 0. The van der Waals surface area contributed by atoms with Gasteiger partial charge in [0, 0.05) is 13.1 Å². The SMILES string of the molecule is Cc1n[nH]c(C)c1S(=O)(=O)Nc1cc(C(=O)O)n(C)n1. The third-order valence-electron chi connectivity index (χ3n) is 2.67. The maximum Gasteiger partial charge on any atom is 0.354 e. The van der Waals surface area contributed by atoms with Crippen LogP contribution in [0.1, 0.15) is 21.9 Å². The zero-order valence-corrected chi connectivity index (χ0v) is 11.8. The van der Waals surface area contributed by atoms with Gasteiger partial charge in [-0.3, -0.25) is 14.5 Å². The molecule has 9 nitrogen and oxygen atoms in total. The Kier molecular flexibility index (Phi) is 3.26. The first-order valence-electron chi connectivity index (χ1n) is 5.54. The number of aromatic carboxylic acids is 1. The number of aromatic amines is 1. The van der Waals surface area contributed by atoms with Crippen LogP contribution in [-0.4, -0.2) is 39.5 Å². The molecule has 0 saturated heterocycles. The largest absolute Gasteiger partial charge is 0.477 e. The number of hydrogen-bond donors (Lipinski definition) is 3. The van der Waals surface area contributed by atoms with Gasteiger partial charge in [0.2, 0.25) is 0 Å². The van der Waals surface area contributed by atoms with Gasteiger partial charge in [-0.1, -0.05) is 0 Å². The molecule has 10 heteroatoms. The van der Waals surface area contributed by atoms with Crippen molar-refractivity contribution in [1.82, 2.24) is 20.0 Å². The number of anilines is 1. The quantitative estimate of drug-likeness (QED) is 0.742. The Balaban J connectivity index is 2.39. The zero-order valence-electron chi connectivity index (χ0n) is 11.0. The third-order valence-corrected chi connectivity index (χ3v) is 4.28. The molecule has 2 heterocycles. The molecule has 0 aliphatic rings. The van der Waals surface area contributed by atoms with Gasteiger partial charge in [0.1, 0.15) is 10.6 Å². The minimum absolute atomic E-state index is 0.0278. The van der Waals surface area contributed by atoms with Gasteiger partial charge in [-0.05, 0) is 13.8 Å². The lowest BCUT2D eigenvalue weighted by molar-refractivity contribution is 0.0685. The van der Waals surface area contributed by atoms with Crippen molar-refractivity contribution in [2.75, 3.05) is 4.72 Å². The second-order valence-corrected chi connectivity index (χ2v) is 5.83. The summed E-state index contributed by atoms with van der Waals surface area (Å²) < 4.78 is 27.8. The normalized spacial score (nSPS) is 11.6. The van der Waals surface area contributed by atoms with E-state index in [1.165, 1.54) is 7.05 Å². The number of aromatic nitrogens is 4. The molecule has 0 radical (unpaired) electrons. The fraction of sp³-hybridized carbons (Fsp3) is 0.300. The van der Waals surface area contributed by atoms with Crippen LogP contribution in [0.15, 0.2) is 11.0 Å². The molecule has 0 saturated carbocycles. The fourth-order valence-electron chi connectivity index (χ4n) is 1.84. The van der Waals surface area contributed by atoms with Crippen LogP contribution in [0, 0.1) is 13.8 Å². The second kappa shape index (κ2) is 4.63. The first-order valence-corrected chi connectivity index (χ1v) is 7.02. The Morgan fingerprint density at radius 1 is 1.45 bits per heavy atom. The van der Waals surface area contributed by atoms with Crippen molar-refractivity contribution in [3.63, 3.8) is 0 Å². The predicted octanol–water partition coefficient (Wildman–Crippen LogP) is 0.259. The highest BCUT2D eigenvalue weighted by Gasteiger charge is 2.24. The average molecular weight is 299 g/mol. The molecule has 2 rings (SSSR count). The number of H-pyrrole nitrogens is 1. The van der Waals surface area contributed by atoms with Gasteiger partial charge in [0.25, 0.3) is 10.0 Å². The van der Waals surface area contributed by atoms with Gasteiger partial charge < -0.3 is 5.11 Å². The number of carboxylic acid groups (broad SMARTS) is 1. The van der Waals surface area contributed by atoms with Crippen LogP contribution in [0.5, 0.6) is 0 Å². The Morgan fingerprint density at radius 2 is 2.10 bits per heavy atom. The third kappa shape index (κ3) is 2.37. The van der Waals surface area contributed by atoms with E-state index in [1.807, 2.05) is 0 Å². The molecule has 2 aromatic heterocycles. The molecule has 3 N–H and O–H groups in total. The maximum atomic E-state index is 12.2. The van der Waals surface area contributed by atoms with Crippen LogP contribution in [0.3, 0.4) is 0 Å². The van der Waals surface area contributed by atoms with E-state index in [4.69, 9.17) is 5.11 Å². The topological polar surface area (TPSA) is 130 Å². The van der Waals surface area contributed by atoms with Crippen LogP contribution < -0.4 is 4.72 Å². The highest BCUT2D eigenvalue weighted by molar-refractivity contribution is 7.92. The monoisotopic (exact) mass is 299 g/mol. The number of aryl methyl sites for hydroxylation is 3. The number of hydrogen-bond acceptors (Lipinski definition) is 5. The van der Waals surface area contributed by atoms with Crippen molar-refractivity contribution in [2.24, 2.45) is 7.05 Å². The molecule has 2 aromatic rings. The van der Waals surface area contributed by atoms with Gasteiger partial charge in [-0.2, -0.15) is 10.2 Å². The lowest BCUT2D eigenvalue weighted by Crippen LogP contribution is -2.15. The molecule has 0 amide bonds. The Bertz CT molecular complexity index is 754. The number of carbonyl (C=O) groups is 1. The van der Waals surface area contributed by atoms with Gasteiger partial charge in [0.15, 0.2) is 5.82 Å². The van der Waals surface area contributed by atoms with Crippen LogP contribution in [0.25, 0.3) is 0 Å². The minimum Gasteiger partial charge on any atom is -0.477 e. The lowest BCUT2D eigenvalue weighted by Gasteiger charge is -2.04. The smallest absolute Gasteiger partial charge is 0.354 e. The Labute approximate surface area is 114 Å². The van der Waals surface area contributed by atoms with Crippen molar-refractivity contribution in [1.29, 1.82) is 0 Å². The highest BCUT2D eigenvalue weighted by Crippen LogP contribution is 2.20. The van der Waals surface area contributed by atoms with Crippen molar-refractivity contribution in [3.05, 3.63) is 23.1 Å². The van der Waals surface area contributed by atoms with Gasteiger partial charge in [-0.25, -0.2) is 13.2 Å². The van der Waals surface area contributed by atoms with Crippen molar-refractivity contribution >= 4 is 21.8 Å². The molecule has 0 aliphatic carbocycles. The fourth-order valence-corrected chi connectivity index (χ4v) is 3.20. The summed E-state index contributed by atoms with van der Waals surface area (Å²) in [5.41, 5.74) is 0.595. The molecular weight excluding hydrogens is 286 g/mol. The number of sulfonamides is 1. The van der Waals surface area contributed by atoms with Crippen LogP contribution in [-0.2, 0) is 17.1 Å². The molecule has 0 bridgehead atoms. The summed E-state index contributed by atoms with van der Waals surface area (Å²) in [7, 11) is -2.46. The number of nitrogens with zero attached hydrogens (tertiary/aromatic N) is 3. The molecule has 0 aliphatic heterocycles. The molecule has 0 atom stereocenters. The Morgan fingerprint density at radius 3 is 2.55 bits per heavy atom. The summed E-state index contributed by atoms with van der Waals surface area (Å²) in [4.78, 5) is 10.9. The van der Waals surface area contributed by atoms with E-state index in [2.05, 4.69) is 20.0 Å². The lowest BCUT2D eigenvalue weighted by atomic mass is 10.4. The van der Waals surface area contributed by atoms with E-state index in [1.54, 1.807) is 13.8 Å². The molecule has 0 aromatic carbocycles. The van der Waals surface area contributed by atoms with Crippen LogP contribution in [0.2, 0.25) is 0 Å². The van der Waals surface area contributed by atoms with E-state index < -0.39 is 16.0 Å². The zero-order chi connectivity index (χ0) is 15.1. The van der Waals surface area contributed by atoms with Gasteiger partial charge >= 0.3 is 5.97 Å². The van der Waals surface area contributed by atoms with Crippen molar-refractivity contribution in [2.45, 2.75) is 18.7 Å². The van der Waals surface area contributed by atoms with Crippen molar-refractivity contribution < 1.29 is 18.3 Å². The number of rotatable bonds is 4.